The fraction of sp³-hybridized carbons (Fsp3) is 0.636. The molecule has 94 valence electrons. The number of aliphatic hydroxyl groups is 1. The number of hydrogen-bond donors (Lipinski definition) is 2. The molecule has 0 aliphatic carbocycles. The average Bonchev–Trinajstić information content (AvgIpc) is 2.85. The van der Waals surface area contributed by atoms with Crippen molar-refractivity contribution in [3.8, 4) is 0 Å². The van der Waals surface area contributed by atoms with Crippen molar-refractivity contribution in [1.82, 2.24) is 14.5 Å². The summed E-state index contributed by atoms with van der Waals surface area (Å²) in [5.74, 6) is -0.126. The van der Waals surface area contributed by atoms with Crippen molar-refractivity contribution in [1.29, 1.82) is 0 Å². The van der Waals surface area contributed by atoms with E-state index in [0.29, 0.717) is 38.3 Å². The van der Waals surface area contributed by atoms with E-state index >= 15 is 0 Å². The third-order valence-corrected chi connectivity index (χ3v) is 2.98. The number of β-amino-alcohol motifs (C(OH)–C–C–N with tert-alkyl or cyclic N) is 1. The third-order valence-electron chi connectivity index (χ3n) is 2.98. The first-order chi connectivity index (χ1) is 8.02. The van der Waals surface area contributed by atoms with Gasteiger partial charge in [0.15, 0.2) is 0 Å². The maximum Gasteiger partial charge on any atom is 0.274 e. The Kier molecular flexibility index (Phi) is 3.17. The molecule has 0 radical (unpaired) electrons. The molecule has 6 nitrogen and oxygen atoms in total. The van der Waals surface area contributed by atoms with Gasteiger partial charge in [0.05, 0.1) is 11.9 Å². The Morgan fingerprint density at radius 2 is 2.47 bits per heavy atom. The van der Waals surface area contributed by atoms with Gasteiger partial charge in [0.1, 0.15) is 5.69 Å². The first-order valence-corrected chi connectivity index (χ1v) is 5.75. The quantitative estimate of drug-likeness (QED) is 0.739. The zero-order valence-corrected chi connectivity index (χ0v) is 9.96. The SMILES string of the molecule is CC1(O)CCN(C(=O)c2cn(CCN)cn2)C1. The van der Waals surface area contributed by atoms with Gasteiger partial charge >= 0.3 is 0 Å². The minimum Gasteiger partial charge on any atom is -0.388 e. The summed E-state index contributed by atoms with van der Waals surface area (Å²) in [7, 11) is 0. The lowest BCUT2D eigenvalue weighted by Crippen LogP contribution is -2.34. The Morgan fingerprint density at radius 1 is 1.71 bits per heavy atom. The van der Waals surface area contributed by atoms with Crippen molar-refractivity contribution in [2.45, 2.75) is 25.5 Å². The fourth-order valence-electron chi connectivity index (χ4n) is 2.02. The first kappa shape index (κ1) is 12.1. The predicted molar refractivity (Wildman–Crippen MR) is 62.4 cm³/mol. The summed E-state index contributed by atoms with van der Waals surface area (Å²) < 4.78 is 1.79. The zero-order valence-electron chi connectivity index (χ0n) is 9.96. The van der Waals surface area contributed by atoms with Crippen molar-refractivity contribution in [2.24, 2.45) is 5.73 Å². The van der Waals surface area contributed by atoms with Crippen LogP contribution < -0.4 is 5.73 Å². The van der Waals surface area contributed by atoms with Crippen LogP contribution in [0.25, 0.3) is 0 Å². The van der Waals surface area contributed by atoms with Gasteiger partial charge in [0, 0.05) is 32.4 Å². The molecule has 1 aliphatic heterocycles. The lowest BCUT2D eigenvalue weighted by molar-refractivity contribution is 0.0569. The summed E-state index contributed by atoms with van der Waals surface area (Å²) >= 11 is 0. The van der Waals surface area contributed by atoms with E-state index in [1.54, 1.807) is 28.9 Å². The largest absolute Gasteiger partial charge is 0.388 e. The van der Waals surface area contributed by atoms with Crippen molar-refractivity contribution >= 4 is 5.91 Å². The van der Waals surface area contributed by atoms with Crippen LogP contribution in [0.4, 0.5) is 0 Å². The van der Waals surface area contributed by atoms with Crippen LogP contribution >= 0.6 is 0 Å². The van der Waals surface area contributed by atoms with E-state index in [0.717, 1.165) is 0 Å². The van der Waals surface area contributed by atoms with Gasteiger partial charge in [-0.15, -0.1) is 0 Å². The highest BCUT2D eigenvalue weighted by atomic mass is 16.3. The van der Waals surface area contributed by atoms with Gasteiger partial charge in [-0.25, -0.2) is 4.98 Å². The van der Waals surface area contributed by atoms with Gasteiger partial charge in [-0.3, -0.25) is 4.79 Å². The molecule has 0 aromatic carbocycles. The molecule has 1 fully saturated rings. The number of carbonyl (C=O) groups is 1. The Bertz CT molecular complexity index is 413. The number of hydrogen-bond acceptors (Lipinski definition) is 4. The number of nitrogens with zero attached hydrogens (tertiary/aromatic N) is 3. The number of imidazole rings is 1. The van der Waals surface area contributed by atoms with Gasteiger partial charge in [-0.05, 0) is 13.3 Å². The molecule has 2 rings (SSSR count). The minimum absolute atomic E-state index is 0.126. The van der Waals surface area contributed by atoms with Crippen LogP contribution in [0.3, 0.4) is 0 Å². The highest BCUT2D eigenvalue weighted by molar-refractivity contribution is 5.92. The molecule has 1 aromatic rings. The van der Waals surface area contributed by atoms with Crippen molar-refractivity contribution in [2.75, 3.05) is 19.6 Å². The van der Waals surface area contributed by atoms with Gasteiger partial charge in [-0.2, -0.15) is 0 Å². The highest BCUT2D eigenvalue weighted by Gasteiger charge is 2.34. The molecule has 6 heteroatoms. The summed E-state index contributed by atoms with van der Waals surface area (Å²) in [5.41, 5.74) is 5.07. The lowest BCUT2D eigenvalue weighted by atomic mass is 10.1. The number of amides is 1. The van der Waals surface area contributed by atoms with Crippen molar-refractivity contribution in [3.63, 3.8) is 0 Å². The molecule has 1 aromatic heterocycles. The number of aromatic nitrogens is 2. The minimum atomic E-state index is -0.768. The monoisotopic (exact) mass is 238 g/mol. The fourth-order valence-corrected chi connectivity index (χ4v) is 2.02. The van der Waals surface area contributed by atoms with Crippen LogP contribution in [0.2, 0.25) is 0 Å². The van der Waals surface area contributed by atoms with E-state index in [-0.39, 0.29) is 5.91 Å². The molecule has 1 saturated heterocycles. The van der Waals surface area contributed by atoms with Crippen LogP contribution in [0.1, 0.15) is 23.8 Å². The van der Waals surface area contributed by atoms with Crippen molar-refractivity contribution < 1.29 is 9.90 Å². The van der Waals surface area contributed by atoms with Gasteiger partial charge < -0.3 is 20.3 Å². The van der Waals surface area contributed by atoms with E-state index in [2.05, 4.69) is 4.98 Å². The smallest absolute Gasteiger partial charge is 0.274 e. The maximum atomic E-state index is 12.1. The molecular formula is C11H18N4O2. The molecule has 1 amide bonds. The van der Waals surface area contributed by atoms with Crippen molar-refractivity contribution in [3.05, 3.63) is 18.2 Å². The van der Waals surface area contributed by atoms with E-state index in [4.69, 9.17) is 5.73 Å². The molecule has 17 heavy (non-hydrogen) atoms. The van der Waals surface area contributed by atoms with E-state index < -0.39 is 5.60 Å². The van der Waals surface area contributed by atoms with Crippen LogP contribution in [-0.2, 0) is 6.54 Å². The Balaban J connectivity index is 2.04. The highest BCUT2D eigenvalue weighted by Crippen LogP contribution is 2.21. The molecule has 1 aliphatic rings. The summed E-state index contributed by atoms with van der Waals surface area (Å²) in [6.45, 7) is 3.86. The van der Waals surface area contributed by atoms with Crippen LogP contribution in [0.15, 0.2) is 12.5 Å². The molecule has 3 N–H and O–H groups in total. The van der Waals surface area contributed by atoms with E-state index in [9.17, 15) is 9.90 Å². The van der Waals surface area contributed by atoms with Gasteiger partial charge in [0.2, 0.25) is 0 Å². The summed E-state index contributed by atoms with van der Waals surface area (Å²) in [4.78, 5) is 17.8. The second-order valence-corrected chi connectivity index (χ2v) is 4.76. The second kappa shape index (κ2) is 4.46. The molecule has 0 bridgehead atoms. The molecule has 2 heterocycles. The first-order valence-electron chi connectivity index (χ1n) is 5.75. The van der Waals surface area contributed by atoms with Gasteiger partial charge in [0.25, 0.3) is 5.91 Å². The summed E-state index contributed by atoms with van der Waals surface area (Å²) in [6.07, 6.45) is 3.92. The van der Waals surface area contributed by atoms with Gasteiger partial charge in [-0.1, -0.05) is 0 Å². The number of nitrogens with two attached hydrogens (primary N) is 1. The molecule has 0 spiro atoms. The maximum absolute atomic E-state index is 12.1. The third kappa shape index (κ3) is 2.65. The van der Waals surface area contributed by atoms with Crippen LogP contribution in [-0.4, -0.2) is 50.7 Å². The number of rotatable bonds is 3. The lowest BCUT2D eigenvalue weighted by Gasteiger charge is -2.17. The van der Waals surface area contributed by atoms with E-state index in [1.807, 2.05) is 0 Å². The molecule has 0 saturated carbocycles. The Morgan fingerprint density at radius 3 is 3.06 bits per heavy atom. The Labute approximate surface area is 100 Å². The molecular weight excluding hydrogens is 220 g/mol. The number of carbonyl (C=O) groups excluding carboxylic acids is 1. The molecule has 1 atom stereocenters. The zero-order chi connectivity index (χ0) is 12.5. The van der Waals surface area contributed by atoms with E-state index in [1.165, 1.54) is 0 Å². The topological polar surface area (TPSA) is 84.4 Å². The summed E-state index contributed by atoms with van der Waals surface area (Å²) in [6, 6.07) is 0. The number of likely N-dealkylation sites (tertiary alicyclic amines) is 1. The molecule has 1 unspecified atom stereocenters. The van der Waals surface area contributed by atoms with Crippen LogP contribution in [0.5, 0.6) is 0 Å². The standard InChI is InChI=1S/C11H18N4O2/c1-11(17)2-4-15(7-11)10(16)9-6-14(5-3-12)8-13-9/h6,8,17H,2-5,7,12H2,1H3. The summed E-state index contributed by atoms with van der Waals surface area (Å²) in [5, 5.41) is 9.81. The second-order valence-electron chi connectivity index (χ2n) is 4.76. The predicted octanol–water partition coefficient (Wildman–Crippen LogP) is -0.561. The average molecular weight is 238 g/mol. The normalized spacial score (nSPS) is 24.3. The van der Waals surface area contributed by atoms with Crippen LogP contribution in [0, 0.1) is 0 Å². The Hall–Kier alpha value is -1.40.